The molecular formula is C37H35ClFN3O6. The highest BCUT2D eigenvalue weighted by Crippen LogP contribution is 2.65. The van der Waals surface area contributed by atoms with E-state index in [0.717, 1.165) is 10.6 Å². The molecule has 2 heterocycles. The molecule has 4 aliphatic rings. The zero-order valence-corrected chi connectivity index (χ0v) is 27.6. The molecule has 3 aromatic carbocycles. The van der Waals surface area contributed by atoms with Gasteiger partial charge < -0.3 is 9.84 Å². The summed E-state index contributed by atoms with van der Waals surface area (Å²) in [6.07, 6.45) is 2.36. The molecule has 2 saturated heterocycles. The van der Waals surface area contributed by atoms with E-state index in [-0.39, 0.29) is 30.4 Å². The van der Waals surface area contributed by atoms with Crippen LogP contribution in [0.1, 0.15) is 50.7 Å². The van der Waals surface area contributed by atoms with E-state index < -0.39 is 58.2 Å². The van der Waals surface area contributed by atoms with Crippen molar-refractivity contribution in [1.82, 2.24) is 9.91 Å². The van der Waals surface area contributed by atoms with Crippen molar-refractivity contribution in [3.63, 3.8) is 0 Å². The third-order valence-electron chi connectivity index (χ3n) is 10.5. The van der Waals surface area contributed by atoms with Crippen molar-refractivity contribution in [3.8, 4) is 11.5 Å². The smallest absolute Gasteiger partial charge is 0.260 e. The first-order valence-electron chi connectivity index (χ1n) is 15.9. The maximum atomic E-state index is 15.2. The lowest BCUT2D eigenvalue weighted by molar-refractivity contribution is -0.146. The van der Waals surface area contributed by atoms with Crippen molar-refractivity contribution in [2.45, 2.75) is 50.5 Å². The van der Waals surface area contributed by atoms with Crippen LogP contribution in [-0.2, 0) is 24.6 Å². The molecule has 0 aromatic heterocycles. The SMILES string of the molecule is COc1cc(O)ccc1[C@H]1C2=CC[C@@H]3C(=O)N(C(C)(C)C)C(=O)[C@@H]3[C@@H]2C[C@H]2C(=O)N(Nc3ccc(F)cc3)C(=O)[C@@]12c1ccc(Cl)cc1. The highest BCUT2D eigenvalue weighted by atomic mass is 35.5. The molecule has 11 heteroatoms. The van der Waals surface area contributed by atoms with Crippen LogP contribution in [0.15, 0.2) is 78.4 Å². The molecule has 248 valence electrons. The van der Waals surface area contributed by atoms with Crippen LogP contribution >= 0.6 is 11.6 Å². The molecule has 2 aliphatic carbocycles. The van der Waals surface area contributed by atoms with Gasteiger partial charge in [0.25, 0.3) is 11.8 Å². The molecule has 1 saturated carbocycles. The fraction of sp³-hybridized carbons (Fsp3) is 0.351. The van der Waals surface area contributed by atoms with Crippen LogP contribution in [0, 0.1) is 29.5 Å². The van der Waals surface area contributed by atoms with E-state index in [1.165, 1.54) is 48.4 Å². The molecule has 0 unspecified atom stereocenters. The Bertz CT molecular complexity index is 1890. The summed E-state index contributed by atoms with van der Waals surface area (Å²) >= 11 is 6.34. The number of nitrogens with zero attached hydrogens (tertiary/aromatic N) is 2. The van der Waals surface area contributed by atoms with Gasteiger partial charge in [0.2, 0.25) is 11.8 Å². The summed E-state index contributed by atoms with van der Waals surface area (Å²) in [4.78, 5) is 59.2. The van der Waals surface area contributed by atoms with Gasteiger partial charge in [0.05, 0.1) is 36.0 Å². The second-order valence-electron chi connectivity index (χ2n) is 14.0. The van der Waals surface area contributed by atoms with Gasteiger partial charge in [0.1, 0.15) is 17.3 Å². The number of likely N-dealkylation sites (tertiary alicyclic amines) is 1. The van der Waals surface area contributed by atoms with Crippen molar-refractivity contribution in [2.24, 2.45) is 23.7 Å². The van der Waals surface area contributed by atoms with Gasteiger partial charge >= 0.3 is 0 Å². The van der Waals surface area contributed by atoms with Gasteiger partial charge in [-0.3, -0.25) is 29.5 Å². The summed E-state index contributed by atoms with van der Waals surface area (Å²) in [6.45, 7) is 5.47. The number of hydrogen-bond donors (Lipinski definition) is 2. The van der Waals surface area contributed by atoms with E-state index in [4.69, 9.17) is 16.3 Å². The predicted octanol–water partition coefficient (Wildman–Crippen LogP) is 5.98. The van der Waals surface area contributed by atoms with Crippen molar-refractivity contribution < 1.29 is 33.4 Å². The van der Waals surface area contributed by atoms with Crippen LogP contribution in [0.25, 0.3) is 0 Å². The largest absolute Gasteiger partial charge is 0.508 e. The molecular weight excluding hydrogens is 637 g/mol. The number of benzene rings is 3. The summed E-state index contributed by atoms with van der Waals surface area (Å²) in [5.74, 6) is -5.55. The standard InChI is InChI=1S/C37H35ClFN3O6/c1-36(2,3)41-32(44)26-16-15-24-27(30(26)34(41)46)18-28-33(45)42(40-22-11-9-21(39)10-12-22)35(47)37(28,19-5-7-20(38)8-6-19)31(24)25-14-13-23(43)17-29(25)48-4/h5-15,17,26-28,30-31,40,43H,16,18H2,1-4H3/t26-,27+,28-,30-,31+,37+/m0/s1. The number of phenols is 1. The van der Waals surface area contributed by atoms with Gasteiger partial charge in [-0.2, -0.15) is 5.01 Å². The Labute approximate surface area is 282 Å². The number of aromatic hydroxyl groups is 1. The number of ether oxygens (including phenoxy) is 1. The van der Waals surface area contributed by atoms with Crippen molar-refractivity contribution in [2.75, 3.05) is 12.5 Å². The number of amides is 4. The minimum Gasteiger partial charge on any atom is -0.508 e. The van der Waals surface area contributed by atoms with Crippen LogP contribution < -0.4 is 10.2 Å². The molecule has 0 spiro atoms. The third kappa shape index (κ3) is 4.56. The maximum absolute atomic E-state index is 15.2. The number of carbonyl (C=O) groups is 4. The lowest BCUT2D eigenvalue weighted by atomic mass is 9.49. The Hall–Kier alpha value is -4.70. The number of nitrogens with one attached hydrogen (secondary N) is 1. The number of methoxy groups -OCH3 is 1. The number of carbonyl (C=O) groups excluding carboxylic acids is 4. The number of fused-ring (bicyclic) bond motifs is 4. The number of halogens is 2. The first-order valence-corrected chi connectivity index (χ1v) is 16.3. The quantitative estimate of drug-likeness (QED) is 0.253. The number of allylic oxidation sites excluding steroid dienone is 2. The fourth-order valence-corrected chi connectivity index (χ4v) is 8.73. The minimum atomic E-state index is -1.55. The lowest BCUT2D eigenvalue weighted by Gasteiger charge is -2.50. The zero-order valence-electron chi connectivity index (χ0n) is 26.9. The Morgan fingerprint density at radius 3 is 2.27 bits per heavy atom. The molecule has 2 N–H and O–H groups in total. The molecule has 0 radical (unpaired) electrons. The van der Waals surface area contributed by atoms with Gasteiger partial charge in [-0.1, -0.05) is 41.4 Å². The molecule has 2 aliphatic heterocycles. The van der Waals surface area contributed by atoms with Gasteiger partial charge in [-0.05, 0) is 87.6 Å². The van der Waals surface area contributed by atoms with Crippen molar-refractivity contribution >= 4 is 40.9 Å². The lowest BCUT2D eigenvalue weighted by Crippen LogP contribution is -2.53. The fourth-order valence-electron chi connectivity index (χ4n) is 8.60. The molecule has 48 heavy (non-hydrogen) atoms. The van der Waals surface area contributed by atoms with Gasteiger partial charge in [-0.25, -0.2) is 4.39 Å². The molecule has 4 amide bonds. The van der Waals surface area contributed by atoms with Crippen LogP contribution in [0.5, 0.6) is 11.5 Å². The number of hydrazine groups is 1. The monoisotopic (exact) mass is 671 g/mol. The van der Waals surface area contributed by atoms with Gasteiger partial charge in [0.15, 0.2) is 0 Å². The highest BCUT2D eigenvalue weighted by molar-refractivity contribution is 6.30. The predicted molar refractivity (Wildman–Crippen MR) is 175 cm³/mol. The van der Waals surface area contributed by atoms with E-state index >= 15 is 4.79 Å². The van der Waals surface area contributed by atoms with E-state index in [2.05, 4.69) is 5.43 Å². The first kappa shape index (κ1) is 31.9. The Balaban J connectivity index is 1.48. The molecule has 0 bridgehead atoms. The summed E-state index contributed by atoms with van der Waals surface area (Å²) in [5, 5.41) is 11.9. The van der Waals surface area contributed by atoms with Gasteiger partial charge in [0, 0.05) is 28.1 Å². The van der Waals surface area contributed by atoms with E-state index in [0.29, 0.717) is 27.6 Å². The highest BCUT2D eigenvalue weighted by Gasteiger charge is 2.71. The molecule has 7 rings (SSSR count). The van der Waals surface area contributed by atoms with Crippen LogP contribution in [0.4, 0.5) is 10.1 Å². The van der Waals surface area contributed by atoms with Crippen molar-refractivity contribution in [3.05, 3.63) is 100 Å². The zero-order chi connectivity index (χ0) is 34.3. The van der Waals surface area contributed by atoms with Gasteiger partial charge in [-0.15, -0.1) is 0 Å². The molecule has 9 nitrogen and oxygen atoms in total. The molecule has 3 fully saturated rings. The van der Waals surface area contributed by atoms with E-state index in [9.17, 15) is 23.9 Å². The number of phenolic OH excluding ortho intramolecular Hbond substituents is 1. The summed E-state index contributed by atoms with van der Waals surface area (Å²) in [6, 6.07) is 16.8. The number of imide groups is 2. The van der Waals surface area contributed by atoms with Crippen LogP contribution in [-0.4, -0.2) is 51.3 Å². The van der Waals surface area contributed by atoms with E-state index in [1.54, 1.807) is 30.3 Å². The Morgan fingerprint density at radius 2 is 1.62 bits per heavy atom. The van der Waals surface area contributed by atoms with Crippen LogP contribution in [0.2, 0.25) is 5.02 Å². The summed E-state index contributed by atoms with van der Waals surface area (Å²) in [7, 11) is 1.46. The Kier molecular flexibility index (Phi) is 7.43. The number of anilines is 1. The number of hydrogen-bond acceptors (Lipinski definition) is 7. The maximum Gasteiger partial charge on any atom is 0.260 e. The average molecular weight is 672 g/mol. The van der Waals surface area contributed by atoms with Crippen molar-refractivity contribution in [1.29, 1.82) is 0 Å². The normalized spacial score (nSPS) is 28.2. The minimum absolute atomic E-state index is 0.0523. The third-order valence-corrected chi connectivity index (χ3v) is 10.7. The van der Waals surface area contributed by atoms with E-state index in [1.807, 2.05) is 26.8 Å². The number of rotatable bonds is 5. The average Bonchev–Trinajstić information content (AvgIpc) is 3.43. The van der Waals surface area contributed by atoms with Crippen LogP contribution in [0.3, 0.4) is 0 Å². The second-order valence-corrected chi connectivity index (χ2v) is 14.4. The topological polar surface area (TPSA) is 116 Å². The summed E-state index contributed by atoms with van der Waals surface area (Å²) in [5.41, 5.74) is 2.79. The summed E-state index contributed by atoms with van der Waals surface area (Å²) < 4.78 is 19.6. The Morgan fingerprint density at radius 1 is 0.938 bits per heavy atom. The first-order chi connectivity index (χ1) is 22.8. The second kappa shape index (κ2) is 11.2. The molecule has 3 aromatic rings. The molecule has 6 atom stereocenters.